The van der Waals surface area contributed by atoms with Crippen molar-refractivity contribution in [3.8, 4) is 0 Å². The van der Waals surface area contributed by atoms with Crippen LogP contribution in [0.5, 0.6) is 0 Å². The number of amides is 1. The Morgan fingerprint density at radius 1 is 1.27 bits per heavy atom. The van der Waals surface area contributed by atoms with Crippen molar-refractivity contribution in [2.24, 2.45) is 0 Å². The molecule has 4 rings (SSSR count). The molecule has 1 aliphatic carbocycles. The van der Waals surface area contributed by atoms with Crippen molar-refractivity contribution < 1.29 is 4.79 Å². The molecule has 0 unspecified atom stereocenters. The molecule has 1 N–H and O–H groups in total. The van der Waals surface area contributed by atoms with E-state index >= 15 is 0 Å². The first kappa shape index (κ1) is 21.1. The van der Waals surface area contributed by atoms with Crippen LogP contribution in [0.15, 0.2) is 28.0 Å². The minimum atomic E-state index is -0.183. The second-order valence-corrected chi connectivity index (χ2v) is 9.86. The van der Waals surface area contributed by atoms with Gasteiger partial charge in [0.15, 0.2) is 0 Å². The lowest BCUT2D eigenvalue weighted by atomic mass is 9.95. The molecule has 0 radical (unpaired) electrons. The largest absolute Gasteiger partial charge is 0.367 e. The Labute approximate surface area is 185 Å². The molecular formula is C22H26N4O2S2. The van der Waals surface area contributed by atoms with Crippen LogP contribution in [0.2, 0.25) is 0 Å². The quantitative estimate of drug-likeness (QED) is 0.561. The number of aryl methyl sites for hydroxylation is 1. The van der Waals surface area contributed by atoms with Gasteiger partial charge in [-0.15, -0.1) is 0 Å². The zero-order valence-corrected chi connectivity index (χ0v) is 19.1. The average Bonchev–Trinajstić information content (AvgIpc) is 2.99. The van der Waals surface area contributed by atoms with Crippen LogP contribution in [0, 0.1) is 6.92 Å². The highest BCUT2D eigenvalue weighted by molar-refractivity contribution is 8.26. The van der Waals surface area contributed by atoms with Crippen molar-refractivity contribution in [3.63, 3.8) is 0 Å². The Morgan fingerprint density at radius 3 is 2.67 bits per heavy atom. The Hall–Kier alpha value is -2.19. The summed E-state index contributed by atoms with van der Waals surface area (Å²) in [7, 11) is 0. The van der Waals surface area contributed by atoms with Crippen LogP contribution >= 0.6 is 24.0 Å². The molecule has 1 amide bonds. The summed E-state index contributed by atoms with van der Waals surface area (Å²) < 4.78 is 2.07. The molecule has 8 heteroatoms. The Morgan fingerprint density at radius 2 is 2.00 bits per heavy atom. The van der Waals surface area contributed by atoms with Crippen molar-refractivity contribution in [2.75, 3.05) is 5.32 Å². The van der Waals surface area contributed by atoms with E-state index < -0.39 is 0 Å². The Bertz CT molecular complexity index is 1100. The average molecular weight is 443 g/mol. The molecule has 1 saturated heterocycles. The first-order valence-corrected chi connectivity index (χ1v) is 11.6. The molecule has 30 heavy (non-hydrogen) atoms. The van der Waals surface area contributed by atoms with E-state index in [0.717, 1.165) is 18.4 Å². The zero-order valence-electron chi connectivity index (χ0n) is 17.5. The number of aromatic nitrogens is 2. The summed E-state index contributed by atoms with van der Waals surface area (Å²) in [6.07, 6.45) is 9.09. The minimum Gasteiger partial charge on any atom is -0.367 e. The van der Waals surface area contributed by atoms with Gasteiger partial charge < -0.3 is 5.32 Å². The maximum atomic E-state index is 13.4. The fraction of sp³-hybridized carbons (Fsp3) is 0.455. The van der Waals surface area contributed by atoms with E-state index in [4.69, 9.17) is 17.2 Å². The van der Waals surface area contributed by atoms with E-state index in [1.54, 1.807) is 21.6 Å². The van der Waals surface area contributed by atoms with Crippen molar-refractivity contribution in [1.29, 1.82) is 0 Å². The molecule has 0 bridgehead atoms. The summed E-state index contributed by atoms with van der Waals surface area (Å²) in [5.41, 5.74) is 1.79. The summed E-state index contributed by atoms with van der Waals surface area (Å²) in [5.74, 6) is 0.397. The van der Waals surface area contributed by atoms with Crippen LogP contribution in [0.25, 0.3) is 11.7 Å². The number of carbonyl (C=O) groups is 1. The Balaban J connectivity index is 1.84. The first-order chi connectivity index (χ1) is 14.4. The number of nitrogens with zero attached hydrogens (tertiary/aromatic N) is 3. The molecular weight excluding hydrogens is 416 g/mol. The van der Waals surface area contributed by atoms with Gasteiger partial charge in [0.2, 0.25) is 0 Å². The van der Waals surface area contributed by atoms with Gasteiger partial charge in [-0.2, -0.15) is 0 Å². The topological polar surface area (TPSA) is 66.7 Å². The maximum Gasteiger partial charge on any atom is 0.267 e. The van der Waals surface area contributed by atoms with Gasteiger partial charge in [0.05, 0.1) is 10.5 Å². The number of thioether (sulfide) groups is 1. The van der Waals surface area contributed by atoms with E-state index in [9.17, 15) is 9.59 Å². The third-order valence-corrected chi connectivity index (χ3v) is 6.98. The number of rotatable bonds is 4. The highest BCUT2D eigenvalue weighted by Crippen LogP contribution is 2.34. The molecule has 2 aliphatic rings. The highest BCUT2D eigenvalue weighted by Gasteiger charge is 2.34. The van der Waals surface area contributed by atoms with Gasteiger partial charge in [0.1, 0.15) is 15.8 Å². The summed E-state index contributed by atoms with van der Waals surface area (Å²) in [5, 5.41) is 3.51. The van der Waals surface area contributed by atoms with Crippen LogP contribution in [0.1, 0.15) is 57.1 Å². The molecule has 2 aromatic heterocycles. The Kier molecular flexibility index (Phi) is 5.97. The van der Waals surface area contributed by atoms with Gasteiger partial charge in [0.25, 0.3) is 11.5 Å². The van der Waals surface area contributed by atoms with E-state index in [1.807, 2.05) is 32.9 Å². The fourth-order valence-electron chi connectivity index (χ4n) is 4.05. The van der Waals surface area contributed by atoms with E-state index in [-0.39, 0.29) is 23.6 Å². The molecule has 0 aromatic carbocycles. The number of anilines is 1. The molecule has 1 saturated carbocycles. The predicted octanol–water partition coefficient (Wildman–Crippen LogP) is 4.36. The van der Waals surface area contributed by atoms with Gasteiger partial charge in [-0.25, -0.2) is 4.98 Å². The third kappa shape index (κ3) is 3.90. The minimum absolute atomic E-state index is 0.0262. The smallest absolute Gasteiger partial charge is 0.267 e. The van der Waals surface area contributed by atoms with Gasteiger partial charge in [0, 0.05) is 18.3 Å². The summed E-state index contributed by atoms with van der Waals surface area (Å²) in [6, 6.07) is 4.04. The zero-order chi connectivity index (χ0) is 21.4. The second-order valence-electron chi connectivity index (χ2n) is 8.19. The number of pyridine rings is 1. The van der Waals surface area contributed by atoms with Crippen molar-refractivity contribution in [2.45, 2.75) is 65.0 Å². The van der Waals surface area contributed by atoms with Crippen LogP contribution in [0.3, 0.4) is 0 Å². The van der Waals surface area contributed by atoms with Crippen LogP contribution in [-0.2, 0) is 4.79 Å². The summed E-state index contributed by atoms with van der Waals surface area (Å²) >= 11 is 6.63. The number of thiocarbonyl (C=S) groups is 1. The van der Waals surface area contributed by atoms with Crippen molar-refractivity contribution in [1.82, 2.24) is 14.3 Å². The highest BCUT2D eigenvalue weighted by atomic mass is 32.2. The van der Waals surface area contributed by atoms with E-state index in [1.165, 1.54) is 31.0 Å². The molecule has 1 aliphatic heterocycles. The second kappa shape index (κ2) is 8.51. The number of hydrogen-bond acceptors (Lipinski definition) is 6. The molecule has 2 aromatic rings. The number of carbonyl (C=O) groups excluding carboxylic acids is 1. The van der Waals surface area contributed by atoms with Crippen molar-refractivity contribution in [3.05, 3.63) is 44.7 Å². The first-order valence-electron chi connectivity index (χ1n) is 10.4. The SMILES string of the molecule is Cc1cccn2c(=O)c(C=C3SC(=S)N(C(C)C)C3=O)c(NC3CCCCC3)nc12. The predicted molar refractivity (Wildman–Crippen MR) is 127 cm³/mol. The number of hydrogen-bond donors (Lipinski definition) is 1. The molecule has 0 spiro atoms. The normalized spacial score (nSPS) is 19.5. The van der Waals surface area contributed by atoms with Gasteiger partial charge >= 0.3 is 0 Å². The van der Waals surface area contributed by atoms with Crippen LogP contribution in [0.4, 0.5) is 5.82 Å². The summed E-state index contributed by atoms with van der Waals surface area (Å²) in [4.78, 5) is 33.2. The monoisotopic (exact) mass is 442 g/mol. The molecule has 158 valence electrons. The van der Waals surface area contributed by atoms with E-state index in [0.29, 0.717) is 26.3 Å². The summed E-state index contributed by atoms with van der Waals surface area (Å²) in [6.45, 7) is 5.80. The molecule has 6 nitrogen and oxygen atoms in total. The van der Waals surface area contributed by atoms with Crippen molar-refractivity contribution >= 4 is 51.7 Å². The molecule has 0 atom stereocenters. The fourth-order valence-corrected chi connectivity index (χ4v) is 5.55. The number of nitrogens with one attached hydrogen (secondary N) is 1. The van der Waals surface area contributed by atoms with Gasteiger partial charge in [-0.3, -0.25) is 18.9 Å². The van der Waals surface area contributed by atoms with Gasteiger partial charge in [-0.05, 0) is 51.3 Å². The maximum absolute atomic E-state index is 13.4. The lowest BCUT2D eigenvalue weighted by Crippen LogP contribution is -2.34. The van der Waals surface area contributed by atoms with Crippen LogP contribution < -0.4 is 10.9 Å². The lowest BCUT2D eigenvalue weighted by Gasteiger charge is -2.24. The van der Waals surface area contributed by atoms with Gasteiger partial charge in [-0.1, -0.05) is 49.3 Å². The third-order valence-electron chi connectivity index (χ3n) is 5.65. The van der Waals surface area contributed by atoms with E-state index in [2.05, 4.69) is 5.32 Å². The lowest BCUT2D eigenvalue weighted by molar-refractivity contribution is -0.123. The molecule has 2 fully saturated rings. The van der Waals surface area contributed by atoms with Crippen LogP contribution in [-0.4, -0.2) is 36.6 Å². The number of fused-ring (bicyclic) bond motifs is 1. The standard InChI is InChI=1S/C22H26N4O2S2/c1-13(2)26-21(28)17(30-22(26)29)12-16-18(23-15-9-5-4-6-10-15)24-19-14(3)8-7-11-25(19)20(16)27/h7-8,11-13,15,23H,4-6,9-10H2,1-3H3. The molecule has 3 heterocycles.